The Hall–Kier alpha value is -2.78. The Kier molecular flexibility index (Phi) is 12.6. The molecule has 4 rings (SSSR count). The number of hydrogen-bond acceptors (Lipinski definition) is 9. The Morgan fingerprint density at radius 3 is 2.23 bits per heavy atom. The van der Waals surface area contributed by atoms with Crippen molar-refractivity contribution in [3.05, 3.63) is 60.4 Å². The van der Waals surface area contributed by atoms with Crippen LogP contribution in [0.15, 0.2) is 60.4 Å². The number of para-hydroxylation sites is 1. The van der Waals surface area contributed by atoms with Gasteiger partial charge in [0.05, 0.1) is 7.11 Å². The zero-order chi connectivity index (χ0) is 30.5. The van der Waals surface area contributed by atoms with Gasteiger partial charge in [0.2, 0.25) is 0 Å². The van der Waals surface area contributed by atoms with E-state index >= 15 is 0 Å². The molecular weight excluding hydrogens is 552 g/mol. The number of ether oxygens (including phenoxy) is 7. The minimum atomic E-state index is -2.28. The number of methoxy groups -OCH3 is 2. The predicted octanol–water partition coefficient (Wildman–Crippen LogP) is 6.03. The largest absolute Gasteiger partial charge is 0.464 e. The summed E-state index contributed by atoms with van der Waals surface area (Å²) in [6.07, 6.45) is 13.5. The molecule has 0 spiro atoms. The molecule has 43 heavy (non-hydrogen) atoms. The van der Waals surface area contributed by atoms with Gasteiger partial charge in [-0.15, -0.1) is 5.73 Å². The molecule has 0 amide bonds. The van der Waals surface area contributed by atoms with Crippen molar-refractivity contribution in [3.63, 3.8) is 0 Å². The van der Waals surface area contributed by atoms with Crippen LogP contribution in [0.3, 0.4) is 0 Å². The molecule has 3 fully saturated rings. The van der Waals surface area contributed by atoms with Crippen molar-refractivity contribution in [2.24, 2.45) is 11.8 Å². The van der Waals surface area contributed by atoms with Gasteiger partial charge in [-0.1, -0.05) is 37.3 Å². The molecule has 3 aliphatic rings. The van der Waals surface area contributed by atoms with Gasteiger partial charge in [-0.3, -0.25) is 4.79 Å². The Labute approximate surface area is 255 Å². The number of hydrogen-bond donors (Lipinski definition) is 0. The Morgan fingerprint density at radius 1 is 1.00 bits per heavy atom. The highest BCUT2D eigenvalue weighted by molar-refractivity contribution is 5.84. The van der Waals surface area contributed by atoms with E-state index in [9.17, 15) is 9.59 Å². The van der Waals surface area contributed by atoms with Gasteiger partial charge in [0.25, 0.3) is 5.79 Å². The fourth-order valence-electron chi connectivity index (χ4n) is 5.80. The van der Waals surface area contributed by atoms with E-state index < -0.39 is 30.1 Å². The number of Topliss-reactive ketones (excluding diaryl/α,β-unsaturated/α-hetero) is 1. The van der Waals surface area contributed by atoms with Gasteiger partial charge in [-0.2, -0.15) is 0 Å². The minimum absolute atomic E-state index is 0.142. The third-order valence-corrected chi connectivity index (χ3v) is 8.13. The molecule has 0 aromatic heterocycles. The van der Waals surface area contributed by atoms with Crippen molar-refractivity contribution in [2.75, 3.05) is 27.4 Å². The number of carbonyl (C=O) groups excluding carboxylic acids is 2. The summed E-state index contributed by atoms with van der Waals surface area (Å²) in [7, 11) is 2.59. The number of ketones is 1. The van der Waals surface area contributed by atoms with Crippen LogP contribution in [-0.4, -0.2) is 63.3 Å². The first kappa shape index (κ1) is 33.1. The predicted molar refractivity (Wildman–Crippen MR) is 159 cm³/mol. The van der Waals surface area contributed by atoms with Crippen LogP contribution in [0.25, 0.3) is 0 Å². The van der Waals surface area contributed by atoms with Gasteiger partial charge in [0.15, 0.2) is 12.6 Å². The lowest BCUT2D eigenvalue weighted by Crippen LogP contribution is -2.68. The fraction of sp³-hybridized carbons (Fsp3) is 0.618. The molecule has 9 nitrogen and oxygen atoms in total. The van der Waals surface area contributed by atoms with Gasteiger partial charge >= 0.3 is 11.8 Å². The maximum atomic E-state index is 13.8. The van der Waals surface area contributed by atoms with E-state index in [2.05, 4.69) is 24.8 Å². The molecule has 2 heterocycles. The normalized spacial score (nSPS) is 27.1. The molecule has 9 heteroatoms. The van der Waals surface area contributed by atoms with Crippen LogP contribution in [0.1, 0.15) is 71.1 Å². The second-order valence-corrected chi connectivity index (χ2v) is 11.1. The maximum Gasteiger partial charge on any atom is 0.386 e. The first-order valence-electron chi connectivity index (χ1n) is 15.5. The summed E-state index contributed by atoms with van der Waals surface area (Å²) in [5, 5.41) is 0. The molecule has 2 saturated heterocycles. The van der Waals surface area contributed by atoms with Crippen LogP contribution in [0.5, 0.6) is 5.75 Å². The third kappa shape index (κ3) is 8.24. The maximum absolute atomic E-state index is 13.8. The number of benzene rings is 1. The molecule has 2 aliphatic heterocycles. The Bertz CT molecular complexity index is 1090. The molecule has 1 aromatic rings. The number of allylic oxidation sites excluding steroid dienone is 2. The average Bonchev–Trinajstić information content (AvgIpc) is 3.40. The van der Waals surface area contributed by atoms with Crippen LogP contribution in [0, 0.1) is 11.8 Å². The highest BCUT2D eigenvalue weighted by Crippen LogP contribution is 2.41. The number of rotatable bonds is 14. The average molecular weight is 599 g/mol. The molecule has 236 valence electrons. The van der Waals surface area contributed by atoms with Crippen molar-refractivity contribution < 1.29 is 42.7 Å². The second-order valence-electron chi connectivity index (χ2n) is 11.1. The summed E-state index contributed by atoms with van der Waals surface area (Å²) in [6.45, 7) is 3.07. The zero-order valence-corrected chi connectivity index (χ0v) is 25.7. The van der Waals surface area contributed by atoms with Gasteiger partial charge < -0.3 is 33.2 Å². The Morgan fingerprint density at radius 2 is 1.67 bits per heavy atom. The van der Waals surface area contributed by atoms with E-state index in [0.29, 0.717) is 44.6 Å². The monoisotopic (exact) mass is 598 g/mol. The summed E-state index contributed by atoms with van der Waals surface area (Å²) < 4.78 is 42.7. The second kappa shape index (κ2) is 16.3. The molecule has 1 aliphatic carbocycles. The molecule has 1 aromatic carbocycles. The van der Waals surface area contributed by atoms with Crippen LogP contribution in [0.4, 0.5) is 0 Å². The van der Waals surface area contributed by atoms with Crippen molar-refractivity contribution in [1.82, 2.24) is 0 Å². The molecule has 0 radical (unpaired) electrons. The lowest BCUT2D eigenvalue weighted by Gasteiger charge is -2.46. The summed E-state index contributed by atoms with van der Waals surface area (Å²) >= 11 is 0. The summed E-state index contributed by atoms with van der Waals surface area (Å²) in [6, 6.07) is 8.79. The van der Waals surface area contributed by atoms with Gasteiger partial charge in [-0.05, 0) is 81.9 Å². The highest BCUT2D eigenvalue weighted by Gasteiger charge is 2.65. The molecule has 0 bridgehead atoms. The van der Waals surface area contributed by atoms with Gasteiger partial charge in [0, 0.05) is 38.7 Å². The summed E-state index contributed by atoms with van der Waals surface area (Å²) in [5.41, 5.74) is 3.18. The fourth-order valence-corrected chi connectivity index (χ4v) is 5.80. The molecule has 0 N–H and O–H groups in total. The van der Waals surface area contributed by atoms with Crippen LogP contribution < -0.4 is 4.74 Å². The van der Waals surface area contributed by atoms with E-state index in [-0.39, 0.29) is 17.6 Å². The quantitative estimate of drug-likeness (QED) is 0.110. The zero-order valence-electron chi connectivity index (χ0n) is 25.7. The van der Waals surface area contributed by atoms with Gasteiger partial charge in [-0.25, -0.2) is 4.79 Å². The smallest absolute Gasteiger partial charge is 0.386 e. The molecule has 3 unspecified atom stereocenters. The van der Waals surface area contributed by atoms with Crippen LogP contribution in [-0.2, 0) is 38.0 Å². The number of esters is 1. The molecule has 5 atom stereocenters. The summed E-state index contributed by atoms with van der Waals surface area (Å²) in [4.78, 5) is 26.5. The molecule has 1 saturated carbocycles. The first-order valence-corrected chi connectivity index (χ1v) is 15.5. The minimum Gasteiger partial charge on any atom is -0.464 e. The van der Waals surface area contributed by atoms with Crippen LogP contribution in [0.2, 0.25) is 0 Å². The SMILES string of the molecule is CC/C=C/[C@H]1CCC(=O)[C@@H]1CC=C=CC([16O]C1CCCCO1)([16O]C1CCCCO1)C(OC)(Oc1ccccc1)C(=O)OC. The van der Waals surface area contributed by atoms with E-state index in [1.807, 2.05) is 6.07 Å². The topological polar surface area (TPSA) is 98.8 Å². The Balaban J connectivity index is 1.80. The van der Waals surface area contributed by atoms with E-state index in [0.717, 1.165) is 38.5 Å². The molecular formula is C34H46O9. The van der Waals surface area contributed by atoms with Crippen molar-refractivity contribution in [3.8, 4) is 5.75 Å². The number of carbonyl (C=O) groups is 2. The van der Waals surface area contributed by atoms with E-state index in [1.165, 1.54) is 20.3 Å². The lowest BCUT2D eigenvalue weighted by atomic mass is 9.91. The van der Waals surface area contributed by atoms with E-state index in [1.54, 1.807) is 30.3 Å². The van der Waals surface area contributed by atoms with Crippen molar-refractivity contribution in [1.29, 1.82) is 0 Å². The lowest BCUT2D eigenvalue weighted by molar-refractivity contribution is -0.414. The first-order chi connectivity index (χ1) is 21.0. The third-order valence-electron chi connectivity index (χ3n) is 8.13. The standard InChI is InChI=1S/C34H46O9/c1-4-5-15-26-21-22-29(35)28(26)18-9-12-23-33(42-30-19-10-13-24-39-30,43-31-20-11-14-25-40-31)34(38-3,32(36)37-2)41-27-16-7-6-8-17-27/h5-9,15-17,23,26,28,30-31H,4,10-11,13-14,18-22,24-25H2,1-3H3/b15-5+/t12?,26-,28+,30?,31?,33?,34?/m0/s1/i42+0,43+0. The van der Waals surface area contributed by atoms with Gasteiger partial charge in [0.1, 0.15) is 11.5 Å². The van der Waals surface area contributed by atoms with Crippen molar-refractivity contribution >= 4 is 11.8 Å². The highest BCUT2D eigenvalue weighted by atomic mass is 16.9. The summed E-state index contributed by atoms with van der Waals surface area (Å²) in [5.74, 6) is -4.59. The van der Waals surface area contributed by atoms with Crippen LogP contribution >= 0.6 is 0 Å². The van der Waals surface area contributed by atoms with Crippen molar-refractivity contribution in [2.45, 2.75) is 95.3 Å². The van der Waals surface area contributed by atoms with E-state index in [4.69, 9.17) is 33.2 Å².